The molecular weight excluding hydrogens is 261 g/mol. The molecule has 18 heavy (non-hydrogen) atoms. The summed E-state index contributed by atoms with van der Waals surface area (Å²) in [5.74, 6) is -0.578. The van der Waals surface area contributed by atoms with Crippen LogP contribution in [0.15, 0.2) is 12.2 Å². The molecule has 0 aromatic carbocycles. The number of ether oxygens (including phenoxy) is 1. The third-order valence-corrected chi connectivity index (χ3v) is 2.66. The van der Waals surface area contributed by atoms with Crippen LogP contribution in [0, 0.1) is 0 Å². The van der Waals surface area contributed by atoms with Crippen LogP contribution in [0.2, 0.25) is 0 Å². The first-order chi connectivity index (χ1) is 8.24. The lowest BCUT2D eigenvalue weighted by molar-refractivity contribution is -0.490. The average molecular weight is 280 g/mol. The predicted octanol–water partition coefficient (Wildman–Crippen LogP) is 0.582. The average Bonchev–Trinajstić information content (AvgIpc) is 2.23. The number of likely N-dealkylation sites (N-methyl/N-ethyl adjacent to an activating group) is 1. The number of hydrogen-bond acceptors (Lipinski definition) is 5. The highest BCUT2D eigenvalue weighted by Crippen LogP contribution is 2.42. The van der Waals surface area contributed by atoms with Gasteiger partial charge < -0.3 is 9.63 Å². The third kappa shape index (κ3) is 9.07. The van der Waals surface area contributed by atoms with Crippen molar-refractivity contribution in [2.75, 3.05) is 33.4 Å². The van der Waals surface area contributed by atoms with Crippen LogP contribution in [-0.4, -0.2) is 55.6 Å². The highest BCUT2D eigenvalue weighted by atomic mass is 31.2. The lowest BCUT2D eigenvalue weighted by atomic mass is 10.4. The maximum absolute atomic E-state index is 11.3. The van der Waals surface area contributed by atoms with E-state index in [4.69, 9.17) is 0 Å². The molecule has 0 bridgehead atoms. The number of rotatable bonds is 9. The van der Waals surface area contributed by atoms with Crippen molar-refractivity contribution < 1.29 is 32.6 Å². The smallest absolute Gasteiger partial charge is 0.460 e. The fraction of sp³-hybridized carbons (Fsp3) is 0.600. The minimum atomic E-state index is -4.10. The van der Waals surface area contributed by atoms with Crippen LogP contribution >= 0.6 is 7.82 Å². The molecule has 0 aromatic rings. The lowest BCUT2D eigenvalue weighted by Crippen LogP contribution is -2.13. The fourth-order valence-corrected chi connectivity index (χ4v) is 1.45. The second-order valence-corrected chi connectivity index (χ2v) is 5.08. The van der Waals surface area contributed by atoms with E-state index >= 15 is 0 Å². The molecule has 7 nitrogen and oxygen atoms in total. The molecule has 0 radical (unpaired) electrons. The zero-order chi connectivity index (χ0) is 14.2. The van der Waals surface area contributed by atoms with Crippen LogP contribution in [0.5, 0.6) is 0 Å². The Hall–Kier alpha value is -1.01. The maximum atomic E-state index is 11.3. The first-order valence-electron chi connectivity index (χ1n) is 5.21. The molecule has 0 fully saturated rings. The van der Waals surface area contributed by atoms with Gasteiger partial charge in [-0.1, -0.05) is 6.58 Å². The Balaban J connectivity index is 3.77. The molecule has 1 unspecified atom stereocenters. The van der Waals surface area contributed by atoms with E-state index in [1.807, 2.05) is 0 Å². The summed E-state index contributed by atoms with van der Waals surface area (Å²) in [6.07, 6.45) is 0. The molecule has 0 saturated carbocycles. The molecule has 0 amide bonds. The van der Waals surface area contributed by atoms with Crippen molar-refractivity contribution in [2.24, 2.45) is 0 Å². The summed E-state index contributed by atoms with van der Waals surface area (Å²) in [5.41, 5.74) is 0.247. The minimum Gasteiger partial charge on any atom is -0.460 e. The molecule has 0 heterocycles. The number of nitrogens with zero attached hydrogens (tertiary/aromatic N) is 1. The zero-order valence-corrected chi connectivity index (χ0v) is 11.5. The molecule has 0 aliphatic heterocycles. The topological polar surface area (TPSA) is 85.1 Å². The van der Waals surface area contributed by atoms with Crippen molar-refractivity contribution in [1.82, 2.24) is 0 Å². The summed E-state index contributed by atoms with van der Waals surface area (Å²) in [6, 6.07) is 0. The van der Waals surface area contributed by atoms with Crippen molar-refractivity contribution >= 4 is 20.5 Å². The van der Waals surface area contributed by atoms with Gasteiger partial charge in [0, 0.05) is 5.57 Å². The van der Waals surface area contributed by atoms with E-state index in [9.17, 15) is 14.3 Å². The quantitative estimate of drug-likeness (QED) is 0.166. The summed E-state index contributed by atoms with van der Waals surface area (Å²) in [4.78, 5) is 20.2. The number of phosphoric acid groups is 1. The number of carbonyl (C=O) groups excluding carboxylic acids is 1. The van der Waals surface area contributed by atoms with E-state index in [2.05, 4.69) is 27.1 Å². The molecule has 0 spiro atoms. The largest absolute Gasteiger partial charge is 0.472 e. The summed E-state index contributed by atoms with van der Waals surface area (Å²) < 4.78 is 26.7. The Morgan fingerprint density at radius 2 is 1.89 bits per heavy atom. The molecule has 0 aromatic heterocycles. The summed E-state index contributed by atoms with van der Waals surface area (Å²) >= 11 is 0. The van der Waals surface area contributed by atoms with Crippen molar-refractivity contribution in [3.8, 4) is 0 Å². The summed E-state index contributed by atoms with van der Waals surface area (Å²) in [5, 5.41) is 0. The van der Waals surface area contributed by atoms with Crippen LogP contribution in [0.3, 0.4) is 0 Å². The Kier molecular flexibility index (Phi) is 7.70. The second kappa shape index (κ2) is 8.16. The Morgan fingerprint density at radius 1 is 1.33 bits per heavy atom. The first kappa shape index (κ1) is 17.0. The van der Waals surface area contributed by atoms with Gasteiger partial charge in [0.15, 0.2) is 6.54 Å². The van der Waals surface area contributed by atoms with Crippen LogP contribution in [-0.2, 0) is 23.1 Å². The van der Waals surface area contributed by atoms with Gasteiger partial charge in [-0.2, -0.15) is 0 Å². The van der Waals surface area contributed by atoms with Gasteiger partial charge in [-0.15, -0.1) is 0 Å². The molecule has 104 valence electrons. The molecule has 0 saturated heterocycles. The van der Waals surface area contributed by atoms with E-state index in [-0.39, 0.29) is 25.4 Å². The monoisotopic (exact) mass is 280 g/mol. The maximum Gasteiger partial charge on any atom is 0.472 e. The highest BCUT2D eigenvalue weighted by Gasteiger charge is 2.21. The van der Waals surface area contributed by atoms with E-state index in [0.29, 0.717) is 6.54 Å². The van der Waals surface area contributed by atoms with Crippen LogP contribution in [0.4, 0.5) is 0 Å². The van der Waals surface area contributed by atoms with E-state index < -0.39 is 13.8 Å². The molecule has 0 rings (SSSR count). The predicted molar refractivity (Wildman–Crippen MR) is 65.7 cm³/mol. The summed E-state index contributed by atoms with van der Waals surface area (Å²) in [6.45, 7) is 8.46. The minimum absolute atomic E-state index is 0.0132. The van der Waals surface area contributed by atoms with Crippen LogP contribution < -0.4 is 0 Å². The van der Waals surface area contributed by atoms with Gasteiger partial charge in [0.2, 0.25) is 0 Å². The number of esters is 1. The first-order valence-corrected chi connectivity index (χ1v) is 6.70. The van der Waals surface area contributed by atoms with Crippen LogP contribution in [0.25, 0.3) is 0 Å². The van der Waals surface area contributed by atoms with E-state index in [1.165, 1.54) is 6.92 Å². The van der Waals surface area contributed by atoms with Crippen molar-refractivity contribution in [1.29, 1.82) is 0 Å². The number of carbonyl (C=O) groups is 1. The van der Waals surface area contributed by atoms with Gasteiger partial charge in [-0.3, -0.25) is 9.05 Å². The van der Waals surface area contributed by atoms with Gasteiger partial charge >= 0.3 is 13.8 Å². The Bertz CT molecular complexity index is 367. The molecule has 0 aliphatic rings. The lowest BCUT2D eigenvalue weighted by Gasteiger charge is -2.11. The molecule has 0 aliphatic carbocycles. The molecule has 1 N–H and O–H groups in total. The summed E-state index contributed by atoms with van der Waals surface area (Å²) in [7, 11) is -2.40. The third-order valence-electron chi connectivity index (χ3n) is 1.65. The fourth-order valence-electron chi connectivity index (χ4n) is 0.759. The number of phosphoric ester groups is 1. The van der Waals surface area contributed by atoms with Gasteiger partial charge in [0.05, 0.1) is 6.61 Å². The molecular formula is C10H19NO6P+. The van der Waals surface area contributed by atoms with Gasteiger partial charge in [0.1, 0.15) is 27.0 Å². The van der Waals surface area contributed by atoms with E-state index in [0.717, 1.165) is 0 Å². The van der Waals surface area contributed by atoms with E-state index in [1.54, 1.807) is 11.6 Å². The second-order valence-electron chi connectivity index (χ2n) is 3.63. The van der Waals surface area contributed by atoms with Crippen molar-refractivity contribution in [2.45, 2.75) is 6.92 Å². The number of hydrogen-bond donors (Lipinski definition) is 1. The van der Waals surface area contributed by atoms with Crippen molar-refractivity contribution in [3.05, 3.63) is 12.2 Å². The van der Waals surface area contributed by atoms with Crippen molar-refractivity contribution in [3.63, 3.8) is 0 Å². The standard InChI is InChI=1S/C10H18NO6P/c1-9(2)10(12)15-7-8-17-18(13,14)16-6-5-11(3)4/h1,3,5-8H2,2,4H3/p+1. The van der Waals surface area contributed by atoms with Gasteiger partial charge in [-0.25, -0.2) is 13.9 Å². The highest BCUT2D eigenvalue weighted by molar-refractivity contribution is 7.47. The zero-order valence-electron chi connectivity index (χ0n) is 10.6. The Morgan fingerprint density at radius 3 is 2.39 bits per heavy atom. The van der Waals surface area contributed by atoms with Gasteiger partial charge in [-0.05, 0) is 6.92 Å². The molecule has 1 atom stereocenters. The SMILES string of the molecule is C=C(C)C(=O)OCCOP(=O)(O)OCC[N+](=C)C. The van der Waals surface area contributed by atoms with Crippen LogP contribution in [0.1, 0.15) is 6.92 Å². The normalized spacial score (nSPS) is 13.7. The van der Waals surface area contributed by atoms with Gasteiger partial charge in [0.25, 0.3) is 0 Å². The Labute approximate surface area is 106 Å². The molecule has 8 heteroatoms.